The molecule has 0 amide bonds. The number of hydrogen-bond donors (Lipinski definition) is 1. The van der Waals surface area contributed by atoms with Crippen molar-refractivity contribution in [3.8, 4) is 0 Å². The van der Waals surface area contributed by atoms with Crippen molar-refractivity contribution < 1.29 is 18.8 Å². The van der Waals surface area contributed by atoms with Crippen molar-refractivity contribution in [2.24, 2.45) is 5.92 Å². The molecule has 0 aliphatic carbocycles. The molecule has 4 nitrogen and oxygen atoms in total. The van der Waals surface area contributed by atoms with Gasteiger partial charge < -0.3 is 14.2 Å². The molecule has 1 atom stereocenters. The maximum absolute atomic E-state index is 13.2. The van der Waals surface area contributed by atoms with Crippen LogP contribution in [0.1, 0.15) is 47.4 Å². The van der Waals surface area contributed by atoms with Crippen LogP contribution in [0.4, 0.5) is 4.39 Å². The molecule has 0 aliphatic rings. The van der Waals surface area contributed by atoms with Gasteiger partial charge in [0.2, 0.25) is 0 Å². The molecule has 0 aliphatic heterocycles. The molecule has 0 saturated heterocycles. The number of carbonyl (C=O) groups excluding carboxylic acids is 1. The molecule has 3 aromatic rings. The van der Waals surface area contributed by atoms with Crippen LogP contribution in [0.3, 0.4) is 0 Å². The summed E-state index contributed by atoms with van der Waals surface area (Å²) in [5.74, 6) is 0.0976. The third-order valence-corrected chi connectivity index (χ3v) is 5.56. The van der Waals surface area contributed by atoms with E-state index in [4.69, 9.17) is 4.74 Å². The van der Waals surface area contributed by atoms with Crippen LogP contribution in [0.15, 0.2) is 66.9 Å². The summed E-state index contributed by atoms with van der Waals surface area (Å²) in [6, 6.07) is 18.6. The number of esters is 1. The van der Waals surface area contributed by atoms with E-state index < -0.39 is 0 Å². The first-order valence-corrected chi connectivity index (χ1v) is 10.8. The van der Waals surface area contributed by atoms with Gasteiger partial charge in [0, 0.05) is 18.3 Å². The third-order valence-electron chi connectivity index (χ3n) is 5.56. The molecule has 2 aromatic carbocycles. The molecule has 31 heavy (non-hydrogen) atoms. The maximum Gasteiger partial charge on any atom is 0.338 e. The van der Waals surface area contributed by atoms with Gasteiger partial charge in [0.05, 0.1) is 24.9 Å². The van der Waals surface area contributed by atoms with E-state index in [0.29, 0.717) is 18.0 Å². The van der Waals surface area contributed by atoms with Crippen LogP contribution < -0.4 is 4.90 Å². The van der Waals surface area contributed by atoms with E-state index in [0.717, 1.165) is 37.2 Å². The van der Waals surface area contributed by atoms with Crippen LogP contribution in [-0.2, 0) is 24.4 Å². The lowest BCUT2D eigenvalue weighted by Gasteiger charge is -2.22. The first-order chi connectivity index (χ1) is 15.0. The number of rotatable bonds is 10. The fraction of sp³-hybridized carbons (Fsp3) is 0.346. The second-order valence-corrected chi connectivity index (χ2v) is 8.44. The van der Waals surface area contributed by atoms with E-state index in [1.54, 1.807) is 0 Å². The van der Waals surface area contributed by atoms with Crippen LogP contribution in [-0.4, -0.2) is 24.2 Å². The van der Waals surface area contributed by atoms with E-state index in [1.165, 1.54) is 29.8 Å². The van der Waals surface area contributed by atoms with E-state index in [-0.39, 0.29) is 11.8 Å². The normalized spacial score (nSPS) is 12.2. The van der Waals surface area contributed by atoms with Gasteiger partial charge in [-0.2, -0.15) is 0 Å². The summed E-state index contributed by atoms with van der Waals surface area (Å²) >= 11 is 0. The molecule has 1 unspecified atom stereocenters. The second kappa shape index (κ2) is 10.9. The van der Waals surface area contributed by atoms with Crippen molar-refractivity contribution >= 4 is 5.97 Å². The lowest BCUT2D eigenvalue weighted by Crippen LogP contribution is -3.09. The highest BCUT2D eigenvalue weighted by atomic mass is 19.1. The molecule has 0 fully saturated rings. The summed E-state index contributed by atoms with van der Waals surface area (Å²) in [7, 11) is 1.42. The number of nitrogens with zero attached hydrogens (tertiary/aromatic N) is 1. The molecule has 0 spiro atoms. The second-order valence-electron chi connectivity index (χ2n) is 8.44. The monoisotopic (exact) mass is 423 g/mol. The average Bonchev–Trinajstić information content (AvgIpc) is 3.20. The van der Waals surface area contributed by atoms with Gasteiger partial charge in [-0.05, 0) is 48.2 Å². The van der Waals surface area contributed by atoms with Gasteiger partial charge >= 0.3 is 5.97 Å². The summed E-state index contributed by atoms with van der Waals surface area (Å²) in [6.45, 7) is 7.78. The molecule has 5 heteroatoms. The molecule has 164 valence electrons. The average molecular weight is 424 g/mol. The Kier molecular flexibility index (Phi) is 8.01. The number of methoxy groups -OCH3 is 1. The number of halogens is 1. The highest BCUT2D eigenvalue weighted by molar-refractivity contribution is 5.90. The van der Waals surface area contributed by atoms with E-state index >= 15 is 0 Å². The number of aromatic nitrogens is 1. The first-order valence-electron chi connectivity index (χ1n) is 10.8. The van der Waals surface area contributed by atoms with E-state index in [2.05, 4.69) is 36.7 Å². The van der Waals surface area contributed by atoms with Crippen molar-refractivity contribution in [3.05, 3.63) is 95.1 Å². The summed E-state index contributed by atoms with van der Waals surface area (Å²) in [5, 5.41) is 0. The van der Waals surface area contributed by atoms with Crippen LogP contribution in [0, 0.1) is 11.7 Å². The Morgan fingerprint density at radius 3 is 2.48 bits per heavy atom. The lowest BCUT2D eigenvalue weighted by atomic mass is 10.1. The first kappa shape index (κ1) is 22.8. The highest BCUT2D eigenvalue weighted by Gasteiger charge is 2.19. The highest BCUT2D eigenvalue weighted by Crippen LogP contribution is 2.11. The van der Waals surface area contributed by atoms with Crippen LogP contribution >= 0.6 is 0 Å². The van der Waals surface area contributed by atoms with Crippen molar-refractivity contribution in [2.45, 2.75) is 39.9 Å². The van der Waals surface area contributed by atoms with Gasteiger partial charge in [-0.1, -0.05) is 44.2 Å². The minimum atomic E-state index is -0.293. The Labute approximate surface area is 184 Å². The van der Waals surface area contributed by atoms with Gasteiger partial charge in [0.25, 0.3) is 0 Å². The quantitative estimate of drug-likeness (QED) is 0.499. The van der Waals surface area contributed by atoms with Gasteiger partial charge in [0.1, 0.15) is 18.9 Å². The van der Waals surface area contributed by atoms with Gasteiger partial charge in [-0.15, -0.1) is 0 Å². The van der Waals surface area contributed by atoms with Gasteiger partial charge in [0.15, 0.2) is 0 Å². The van der Waals surface area contributed by atoms with E-state index in [9.17, 15) is 9.18 Å². The van der Waals surface area contributed by atoms with Gasteiger partial charge in [-0.25, -0.2) is 9.18 Å². The predicted molar refractivity (Wildman–Crippen MR) is 120 cm³/mol. The zero-order valence-corrected chi connectivity index (χ0v) is 18.6. The van der Waals surface area contributed by atoms with Crippen molar-refractivity contribution in [3.63, 3.8) is 0 Å². The predicted octanol–water partition coefficient (Wildman–Crippen LogP) is 4.09. The number of ether oxygens (including phenoxy) is 1. The number of quaternary nitrogens is 1. The Bertz CT molecular complexity index is 979. The van der Waals surface area contributed by atoms with Crippen LogP contribution in [0.25, 0.3) is 0 Å². The molecular weight excluding hydrogens is 391 g/mol. The summed E-state index contributed by atoms with van der Waals surface area (Å²) in [4.78, 5) is 13.6. The standard InChI is InChI=1S/C26H31FN2O2/c1-20(2)14-16-28(18-22-7-4-5-9-25(22)26(30)31-3)19-24-8-6-15-29(24)17-21-10-12-23(27)13-11-21/h4-13,15,20H,14,16-19H2,1-3H3/p+1. The molecule has 0 bridgehead atoms. The molecule has 1 N–H and O–H groups in total. The zero-order valence-electron chi connectivity index (χ0n) is 18.6. The Hall–Kier alpha value is -2.92. The maximum atomic E-state index is 13.2. The largest absolute Gasteiger partial charge is 0.465 e. The fourth-order valence-electron chi connectivity index (χ4n) is 3.79. The molecular formula is C26H32FN2O2+. The number of carbonyl (C=O) groups is 1. The molecule has 1 heterocycles. The summed E-state index contributed by atoms with van der Waals surface area (Å²) in [6.07, 6.45) is 3.18. The Morgan fingerprint density at radius 2 is 1.77 bits per heavy atom. The number of benzene rings is 2. The molecule has 0 saturated carbocycles. The number of hydrogen-bond acceptors (Lipinski definition) is 2. The minimum absolute atomic E-state index is 0.218. The van der Waals surface area contributed by atoms with Crippen LogP contribution in [0.2, 0.25) is 0 Å². The SMILES string of the molecule is COC(=O)c1ccccc1C[NH+](CCC(C)C)Cc1cccn1Cc1ccc(F)cc1. The topological polar surface area (TPSA) is 35.7 Å². The van der Waals surface area contributed by atoms with Crippen molar-refractivity contribution in [1.29, 1.82) is 0 Å². The van der Waals surface area contributed by atoms with E-state index in [1.807, 2.05) is 36.4 Å². The summed E-state index contributed by atoms with van der Waals surface area (Å²) < 4.78 is 20.4. The number of nitrogens with one attached hydrogen (secondary N) is 1. The Morgan fingerprint density at radius 1 is 1.03 bits per heavy atom. The minimum Gasteiger partial charge on any atom is -0.465 e. The van der Waals surface area contributed by atoms with Crippen molar-refractivity contribution in [1.82, 2.24) is 4.57 Å². The zero-order chi connectivity index (χ0) is 22.2. The van der Waals surface area contributed by atoms with Gasteiger partial charge in [-0.3, -0.25) is 0 Å². The summed E-state index contributed by atoms with van der Waals surface area (Å²) in [5.41, 5.74) is 3.93. The smallest absolute Gasteiger partial charge is 0.338 e. The van der Waals surface area contributed by atoms with Crippen molar-refractivity contribution in [2.75, 3.05) is 13.7 Å². The lowest BCUT2D eigenvalue weighted by molar-refractivity contribution is -0.928. The fourth-order valence-corrected chi connectivity index (χ4v) is 3.79. The molecule has 1 aromatic heterocycles. The Balaban J connectivity index is 1.79. The third kappa shape index (κ3) is 6.53. The van der Waals surface area contributed by atoms with Crippen LogP contribution in [0.5, 0.6) is 0 Å². The molecule has 0 radical (unpaired) electrons. The molecule has 3 rings (SSSR count).